The molecule has 0 fully saturated rings. The highest BCUT2D eigenvalue weighted by Crippen LogP contribution is 2.19. The molecule has 2 aromatic heterocycles. The van der Waals surface area contributed by atoms with Gasteiger partial charge in [0.05, 0.1) is 17.8 Å². The second-order valence-corrected chi connectivity index (χ2v) is 7.16. The van der Waals surface area contributed by atoms with E-state index in [1.165, 1.54) is 0 Å². The fourth-order valence-corrected chi connectivity index (χ4v) is 3.28. The highest BCUT2D eigenvalue weighted by atomic mass is 16.5. The maximum atomic E-state index is 12.3. The zero-order chi connectivity index (χ0) is 21.1. The average molecular weight is 402 g/mol. The van der Waals surface area contributed by atoms with E-state index in [0.29, 0.717) is 5.82 Å². The van der Waals surface area contributed by atoms with Crippen LogP contribution < -0.4 is 5.32 Å². The van der Waals surface area contributed by atoms with Crippen LogP contribution in [0.3, 0.4) is 0 Å². The second-order valence-electron chi connectivity index (χ2n) is 7.16. The molecule has 1 amide bonds. The van der Waals surface area contributed by atoms with E-state index >= 15 is 0 Å². The van der Waals surface area contributed by atoms with Crippen LogP contribution in [0.15, 0.2) is 60.8 Å². The van der Waals surface area contributed by atoms with Crippen molar-refractivity contribution in [1.82, 2.24) is 14.8 Å². The predicted octanol–water partition coefficient (Wildman–Crippen LogP) is 3.69. The lowest BCUT2D eigenvalue weighted by atomic mass is 10.1. The minimum Gasteiger partial charge on any atom is -0.455 e. The molecule has 2 aromatic carbocycles. The molecule has 0 bridgehead atoms. The number of esters is 1. The molecule has 0 aliphatic heterocycles. The summed E-state index contributed by atoms with van der Waals surface area (Å²) in [6.07, 6.45) is 1.88. The lowest BCUT2D eigenvalue weighted by Gasteiger charge is -2.09. The molecular formula is C23H22N4O3. The SMILES string of the molecule is Cc1ccc(-n2nc(C)cc2NC(=O)COC(=O)Cc2c[nH]c3ccccc23)cc1. The molecule has 0 unspecified atom stereocenters. The first-order valence-electron chi connectivity index (χ1n) is 9.64. The first-order chi connectivity index (χ1) is 14.5. The van der Waals surface area contributed by atoms with E-state index in [1.807, 2.05) is 62.4 Å². The van der Waals surface area contributed by atoms with Crippen LogP contribution in [0.1, 0.15) is 16.8 Å². The Balaban J connectivity index is 1.37. The molecule has 0 aliphatic carbocycles. The number of carbonyl (C=O) groups excluding carboxylic acids is 2. The van der Waals surface area contributed by atoms with Gasteiger partial charge in [0.1, 0.15) is 5.82 Å². The molecule has 30 heavy (non-hydrogen) atoms. The quantitative estimate of drug-likeness (QED) is 0.481. The summed E-state index contributed by atoms with van der Waals surface area (Å²) in [4.78, 5) is 27.7. The Hall–Kier alpha value is -3.87. The zero-order valence-corrected chi connectivity index (χ0v) is 16.8. The first kappa shape index (κ1) is 19.4. The van der Waals surface area contributed by atoms with Crippen LogP contribution >= 0.6 is 0 Å². The molecule has 0 atom stereocenters. The molecule has 0 saturated heterocycles. The van der Waals surface area contributed by atoms with E-state index in [0.717, 1.165) is 33.4 Å². The third kappa shape index (κ3) is 4.25. The van der Waals surface area contributed by atoms with Gasteiger partial charge in [-0.3, -0.25) is 9.59 Å². The number of aromatic nitrogens is 3. The number of para-hydroxylation sites is 1. The minimum atomic E-state index is -0.460. The molecule has 4 aromatic rings. The van der Waals surface area contributed by atoms with Gasteiger partial charge in [0.25, 0.3) is 5.91 Å². The molecule has 0 aliphatic rings. The summed E-state index contributed by atoms with van der Waals surface area (Å²) in [5.74, 6) is -0.359. The number of nitrogens with zero attached hydrogens (tertiary/aromatic N) is 2. The van der Waals surface area contributed by atoms with Gasteiger partial charge in [-0.2, -0.15) is 5.10 Å². The Morgan fingerprint density at radius 2 is 1.87 bits per heavy atom. The van der Waals surface area contributed by atoms with Gasteiger partial charge in [0, 0.05) is 23.2 Å². The van der Waals surface area contributed by atoms with Crippen LogP contribution in [0.25, 0.3) is 16.6 Å². The van der Waals surface area contributed by atoms with E-state index in [-0.39, 0.29) is 13.0 Å². The van der Waals surface area contributed by atoms with Crippen LogP contribution in [0.5, 0.6) is 0 Å². The summed E-state index contributed by atoms with van der Waals surface area (Å²) in [5.41, 5.74) is 4.53. The summed E-state index contributed by atoms with van der Waals surface area (Å²) >= 11 is 0. The minimum absolute atomic E-state index is 0.0949. The van der Waals surface area contributed by atoms with Crippen molar-refractivity contribution in [2.45, 2.75) is 20.3 Å². The summed E-state index contributed by atoms with van der Waals surface area (Å²) < 4.78 is 6.83. The number of hydrogen-bond acceptors (Lipinski definition) is 4. The highest BCUT2D eigenvalue weighted by Gasteiger charge is 2.14. The van der Waals surface area contributed by atoms with Crippen LogP contribution in [0, 0.1) is 13.8 Å². The standard InChI is InChI=1S/C23H22N4O3/c1-15-7-9-18(10-8-15)27-21(11-16(2)26-27)25-22(28)14-30-23(29)12-17-13-24-20-6-4-3-5-19(17)20/h3-11,13,24H,12,14H2,1-2H3,(H,25,28). The number of ether oxygens (including phenoxy) is 1. The number of amides is 1. The Labute approximate surface area is 173 Å². The van der Waals surface area contributed by atoms with Crippen molar-refractivity contribution in [2.75, 3.05) is 11.9 Å². The molecule has 152 valence electrons. The average Bonchev–Trinajstić information content (AvgIpc) is 3.30. The molecule has 0 spiro atoms. The van der Waals surface area contributed by atoms with Crippen molar-refractivity contribution in [3.8, 4) is 5.69 Å². The number of nitrogens with one attached hydrogen (secondary N) is 2. The Kier molecular flexibility index (Phi) is 5.34. The zero-order valence-electron chi connectivity index (χ0n) is 16.8. The van der Waals surface area contributed by atoms with Crippen molar-refractivity contribution in [1.29, 1.82) is 0 Å². The number of aryl methyl sites for hydroxylation is 2. The van der Waals surface area contributed by atoms with Crippen LogP contribution in [-0.4, -0.2) is 33.2 Å². The van der Waals surface area contributed by atoms with Gasteiger partial charge in [0.2, 0.25) is 0 Å². The fraction of sp³-hybridized carbons (Fsp3) is 0.174. The lowest BCUT2D eigenvalue weighted by Crippen LogP contribution is -2.23. The number of hydrogen-bond donors (Lipinski definition) is 2. The molecule has 2 N–H and O–H groups in total. The van der Waals surface area contributed by atoms with Gasteiger partial charge in [0.15, 0.2) is 6.61 Å². The molecule has 4 rings (SSSR count). The maximum absolute atomic E-state index is 12.3. The van der Waals surface area contributed by atoms with Gasteiger partial charge < -0.3 is 15.0 Å². The molecule has 7 nitrogen and oxygen atoms in total. The van der Waals surface area contributed by atoms with Crippen molar-refractivity contribution < 1.29 is 14.3 Å². The fourth-order valence-electron chi connectivity index (χ4n) is 3.28. The molecule has 2 heterocycles. The van der Waals surface area contributed by atoms with Gasteiger partial charge in [-0.1, -0.05) is 35.9 Å². The predicted molar refractivity (Wildman–Crippen MR) is 115 cm³/mol. The van der Waals surface area contributed by atoms with Gasteiger partial charge in [-0.05, 0) is 37.6 Å². The number of aromatic amines is 1. The van der Waals surface area contributed by atoms with E-state index in [4.69, 9.17) is 4.74 Å². The van der Waals surface area contributed by atoms with Crippen molar-refractivity contribution in [3.63, 3.8) is 0 Å². The molecule has 0 radical (unpaired) electrons. The summed E-state index contributed by atoms with van der Waals surface area (Å²) in [6, 6.07) is 17.3. The van der Waals surface area contributed by atoms with E-state index in [1.54, 1.807) is 16.9 Å². The number of rotatable bonds is 6. The number of carbonyl (C=O) groups is 2. The van der Waals surface area contributed by atoms with Crippen molar-refractivity contribution >= 4 is 28.6 Å². The Morgan fingerprint density at radius 1 is 1.10 bits per heavy atom. The highest BCUT2D eigenvalue weighted by molar-refractivity contribution is 5.93. The summed E-state index contributed by atoms with van der Waals surface area (Å²) in [7, 11) is 0. The Bertz CT molecular complexity index is 1200. The van der Waals surface area contributed by atoms with Gasteiger partial charge in [-0.25, -0.2) is 4.68 Å². The van der Waals surface area contributed by atoms with Crippen LogP contribution in [-0.2, 0) is 20.7 Å². The second kappa shape index (κ2) is 8.24. The third-order valence-electron chi connectivity index (χ3n) is 4.75. The van der Waals surface area contributed by atoms with Gasteiger partial charge in [-0.15, -0.1) is 0 Å². The lowest BCUT2D eigenvalue weighted by molar-refractivity contribution is -0.146. The first-order valence-corrected chi connectivity index (χ1v) is 9.64. The number of fused-ring (bicyclic) bond motifs is 1. The van der Waals surface area contributed by atoms with Gasteiger partial charge >= 0.3 is 5.97 Å². The molecule has 0 saturated carbocycles. The van der Waals surface area contributed by atoms with E-state index in [2.05, 4.69) is 15.4 Å². The third-order valence-corrected chi connectivity index (χ3v) is 4.75. The number of anilines is 1. The Morgan fingerprint density at radius 3 is 2.67 bits per heavy atom. The maximum Gasteiger partial charge on any atom is 0.310 e. The topological polar surface area (TPSA) is 89.0 Å². The van der Waals surface area contributed by atoms with E-state index in [9.17, 15) is 9.59 Å². The molecular weight excluding hydrogens is 380 g/mol. The summed E-state index contributed by atoms with van der Waals surface area (Å²) in [6.45, 7) is 3.49. The molecule has 7 heteroatoms. The number of H-pyrrole nitrogens is 1. The smallest absolute Gasteiger partial charge is 0.310 e. The van der Waals surface area contributed by atoms with Crippen molar-refractivity contribution in [3.05, 3.63) is 77.6 Å². The number of benzene rings is 2. The largest absolute Gasteiger partial charge is 0.455 e. The van der Waals surface area contributed by atoms with Crippen LogP contribution in [0.4, 0.5) is 5.82 Å². The normalized spacial score (nSPS) is 10.9. The van der Waals surface area contributed by atoms with Crippen LogP contribution in [0.2, 0.25) is 0 Å². The van der Waals surface area contributed by atoms with Crippen molar-refractivity contribution in [2.24, 2.45) is 0 Å². The van der Waals surface area contributed by atoms with E-state index < -0.39 is 11.9 Å². The summed E-state index contributed by atoms with van der Waals surface area (Å²) in [5, 5.41) is 8.16. The monoisotopic (exact) mass is 402 g/mol.